The second-order valence-electron chi connectivity index (χ2n) is 4.98. The van der Waals surface area contributed by atoms with Gasteiger partial charge >= 0.3 is 0 Å². The highest BCUT2D eigenvalue weighted by Gasteiger charge is 2.13. The van der Waals surface area contributed by atoms with Gasteiger partial charge in [-0.25, -0.2) is 0 Å². The Morgan fingerprint density at radius 1 is 1.50 bits per heavy atom. The Hall–Kier alpha value is -1.36. The average molecular weight is 250 g/mol. The number of hydrogen-bond donors (Lipinski definition) is 2. The van der Waals surface area contributed by atoms with Gasteiger partial charge in [-0.2, -0.15) is 4.98 Å². The summed E-state index contributed by atoms with van der Waals surface area (Å²) in [6, 6.07) is 0. The molecule has 5 nitrogen and oxygen atoms in total. The Morgan fingerprint density at radius 3 is 3.11 bits per heavy atom. The highest BCUT2D eigenvalue weighted by Crippen LogP contribution is 2.14. The van der Waals surface area contributed by atoms with E-state index in [1.54, 1.807) is 12.4 Å². The topological polar surface area (TPSA) is 59.1 Å². The first kappa shape index (κ1) is 13.1. The van der Waals surface area contributed by atoms with Crippen molar-refractivity contribution in [3.8, 4) is 5.88 Å². The molecule has 0 saturated carbocycles. The Kier molecular flexibility index (Phi) is 4.75. The molecule has 0 aliphatic carbocycles. The zero-order valence-electron chi connectivity index (χ0n) is 11.1. The zero-order valence-corrected chi connectivity index (χ0v) is 11.1. The van der Waals surface area contributed by atoms with Crippen molar-refractivity contribution >= 4 is 5.82 Å². The van der Waals surface area contributed by atoms with Crippen LogP contribution in [0, 0.1) is 5.92 Å². The second kappa shape index (κ2) is 6.54. The molecule has 1 fully saturated rings. The molecule has 1 aromatic heterocycles. The summed E-state index contributed by atoms with van der Waals surface area (Å²) in [4.78, 5) is 8.49. The fraction of sp³-hybridized carbons (Fsp3) is 0.692. The molecule has 0 aromatic carbocycles. The fourth-order valence-corrected chi connectivity index (χ4v) is 2.10. The molecule has 1 aliphatic heterocycles. The van der Waals surface area contributed by atoms with Crippen LogP contribution in [-0.2, 0) is 0 Å². The van der Waals surface area contributed by atoms with Crippen molar-refractivity contribution in [2.24, 2.45) is 5.92 Å². The van der Waals surface area contributed by atoms with Gasteiger partial charge in [-0.3, -0.25) is 4.98 Å². The molecule has 100 valence electrons. The molecule has 1 aliphatic rings. The van der Waals surface area contributed by atoms with Crippen LogP contribution in [0.4, 0.5) is 5.82 Å². The minimum Gasteiger partial charge on any atom is -0.474 e. The highest BCUT2D eigenvalue weighted by molar-refractivity contribution is 5.33. The van der Waals surface area contributed by atoms with Gasteiger partial charge in [-0.15, -0.1) is 0 Å². The van der Waals surface area contributed by atoms with Gasteiger partial charge in [0.2, 0.25) is 5.88 Å². The molecular formula is C13H22N4O. The molecule has 18 heavy (non-hydrogen) atoms. The summed E-state index contributed by atoms with van der Waals surface area (Å²) in [5.41, 5.74) is 0. The van der Waals surface area contributed by atoms with Gasteiger partial charge in [0.15, 0.2) is 0 Å². The highest BCUT2D eigenvalue weighted by atomic mass is 16.5. The number of ether oxygens (including phenoxy) is 1. The largest absolute Gasteiger partial charge is 0.474 e. The summed E-state index contributed by atoms with van der Waals surface area (Å²) in [7, 11) is 0. The predicted molar refractivity (Wildman–Crippen MR) is 71.9 cm³/mol. The van der Waals surface area contributed by atoms with Crippen LogP contribution in [0.1, 0.15) is 26.7 Å². The number of nitrogens with zero attached hydrogens (tertiary/aromatic N) is 2. The molecule has 5 heteroatoms. The van der Waals surface area contributed by atoms with E-state index in [2.05, 4.69) is 20.6 Å². The Bertz CT molecular complexity index is 364. The van der Waals surface area contributed by atoms with Crippen LogP contribution in [0.25, 0.3) is 0 Å². The normalized spacial score (nSPS) is 19.2. The van der Waals surface area contributed by atoms with Crippen LogP contribution in [-0.4, -0.2) is 35.7 Å². The Balaban J connectivity index is 1.77. The van der Waals surface area contributed by atoms with Gasteiger partial charge in [0.25, 0.3) is 0 Å². The third-order valence-corrected chi connectivity index (χ3v) is 2.99. The van der Waals surface area contributed by atoms with E-state index >= 15 is 0 Å². The molecule has 0 radical (unpaired) electrons. The molecule has 1 atom stereocenters. The molecule has 2 heterocycles. The first-order chi connectivity index (χ1) is 8.74. The van der Waals surface area contributed by atoms with E-state index in [1.165, 1.54) is 12.8 Å². The number of hydrogen-bond acceptors (Lipinski definition) is 5. The summed E-state index contributed by atoms with van der Waals surface area (Å²) in [6.07, 6.45) is 5.96. The maximum absolute atomic E-state index is 5.51. The van der Waals surface area contributed by atoms with Gasteiger partial charge in [-0.05, 0) is 45.7 Å². The van der Waals surface area contributed by atoms with Gasteiger partial charge in [0, 0.05) is 6.54 Å². The summed E-state index contributed by atoms with van der Waals surface area (Å²) in [5, 5.41) is 6.68. The average Bonchev–Trinajstić information content (AvgIpc) is 2.82. The molecule has 2 rings (SSSR count). The summed E-state index contributed by atoms with van der Waals surface area (Å²) in [6.45, 7) is 7.20. The van der Waals surface area contributed by atoms with Gasteiger partial charge in [-0.1, -0.05) is 0 Å². The Morgan fingerprint density at radius 2 is 2.39 bits per heavy atom. The Labute approximate surface area is 108 Å². The lowest BCUT2D eigenvalue weighted by Gasteiger charge is -2.11. The van der Waals surface area contributed by atoms with E-state index in [9.17, 15) is 0 Å². The molecule has 2 N–H and O–H groups in total. The number of rotatable bonds is 6. The summed E-state index contributed by atoms with van der Waals surface area (Å²) < 4.78 is 5.51. The first-order valence-corrected chi connectivity index (χ1v) is 6.67. The number of aromatic nitrogens is 2. The van der Waals surface area contributed by atoms with E-state index in [-0.39, 0.29) is 6.10 Å². The second-order valence-corrected chi connectivity index (χ2v) is 4.98. The summed E-state index contributed by atoms with van der Waals surface area (Å²) in [5.74, 6) is 2.16. The van der Waals surface area contributed by atoms with E-state index in [4.69, 9.17) is 4.74 Å². The van der Waals surface area contributed by atoms with E-state index in [0.717, 1.165) is 31.4 Å². The lowest BCUT2D eigenvalue weighted by atomic mass is 10.1. The van der Waals surface area contributed by atoms with Crippen LogP contribution in [0.3, 0.4) is 0 Å². The van der Waals surface area contributed by atoms with E-state index in [1.807, 2.05) is 13.8 Å². The quantitative estimate of drug-likeness (QED) is 0.804. The number of nitrogens with one attached hydrogen (secondary N) is 2. The third-order valence-electron chi connectivity index (χ3n) is 2.99. The van der Waals surface area contributed by atoms with Gasteiger partial charge in [0.05, 0.1) is 18.5 Å². The molecular weight excluding hydrogens is 228 g/mol. The monoisotopic (exact) mass is 250 g/mol. The standard InChI is InChI=1S/C13H22N4O/c1-10(2)18-13-9-15-8-12(17-13)16-6-4-11-3-5-14-7-11/h8-11,14H,3-7H2,1-2H3,(H,16,17). The molecule has 1 saturated heterocycles. The van der Waals surface area contributed by atoms with Crippen molar-refractivity contribution in [2.75, 3.05) is 25.0 Å². The fourth-order valence-electron chi connectivity index (χ4n) is 2.10. The smallest absolute Gasteiger partial charge is 0.234 e. The van der Waals surface area contributed by atoms with Crippen LogP contribution in [0.15, 0.2) is 12.4 Å². The zero-order chi connectivity index (χ0) is 12.8. The molecule has 0 bridgehead atoms. The summed E-state index contributed by atoms with van der Waals surface area (Å²) >= 11 is 0. The third kappa shape index (κ3) is 4.14. The van der Waals surface area contributed by atoms with Crippen molar-refractivity contribution in [1.29, 1.82) is 0 Å². The molecule has 0 amide bonds. The molecule has 1 unspecified atom stereocenters. The van der Waals surface area contributed by atoms with Crippen LogP contribution < -0.4 is 15.4 Å². The van der Waals surface area contributed by atoms with Crippen molar-refractivity contribution in [3.05, 3.63) is 12.4 Å². The van der Waals surface area contributed by atoms with Crippen molar-refractivity contribution in [3.63, 3.8) is 0 Å². The maximum Gasteiger partial charge on any atom is 0.234 e. The minimum atomic E-state index is 0.124. The first-order valence-electron chi connectivity index (χ1n) is 6.67. The van der Waals surface area contributed by atoms with Crippen molar-refractivity contribution in [1.82, 2.24) is 15.3 Å². The lowest BCUT2D eigenvalue weighted by Crippen LogP contribution is -2.13. The minimum absolute atomic E-state index is 0.124. The van der Waals surface area contributed by atoms with Gasteiger partial charge < -0.3 is 15.4 Å². The van der Waals surface area contributed by atoms with Crippen LogP contribution in [0.2, 0.25) is 0 Å². The molecule has 0 spiro atoms. The van der Waals surface area contributed by atoms with Gasteiger partial charge in [0.1, 0.15) is 5.82 Å². The molecule has 1 aromatic rings. The van der Waals surface area contributed by atoms with E-state index in [0.29, 0.717) is 5.88 Å². The SMILES string of the molecule is CC(C)Oc1cncc(NCCC2CCNC2)n1. The maximum atomic E-state index is 5.51. The number of anilines is 1. The van der Waals surface area contributed by atoms with Crippen LogP contribution in [0.5, 0.6) is 5.88 Å². The predicted octanol–water partition coefficient (Wildman–Crippen LogP) is 1.68. The van der Waals surface area contributed by atoms with Crippen molar-refractivity contribution < 1.29 is 4.74 Å². The van der Waals surface area contributed by atoms with Crippen molar-refractivity contribution in [2.45, 2.75) is 32.8 Å². The van der Waals surface area contributed by atoms with Crippen LogP contribution >= 0.6 is 0 Å². The lowest BCUT2D eigenvalue weighted by molar-refractivity contribution is 0.232. The van der Waals surface area contributed by atoms with E-state index < -0.39 is 0 Å².